The maximum atomic E-state index is 16.5. The van der Waals surface area contributed by atoms with E-state index in [0.717, 1.165) is 17.4 Å². The lowest BCUT2D eigenvalue weighted by Crippen LogP contribution is -2.38. The van der Waals surface area contributed by atoms with Crippen LogP contribution in [-0.4, -0.2) is 65.8 Å². The molecule has 0 radical (unpaired) electrons. The van der Waals surface area contributed by atoms with Crippen molar-refractivity contribution in [3.05, 3.63) is 83.7 Å². The molecule has 0 bridgehead atoms. The molecular weight excluding hydrogens is 539 g/mol. The molecule has 212 valence electrons. The van der Waals surface area contributed by atoms with E-state index in [9.17, 15) is 8.42 Å². The number of sulfone groups is 1. The Balaban J connectivity index is 1.48. The van der Waals surface area contributed by atoms with E-state index >= 15 is 4.39 Å². The minimum absolute atomic E-state index is 0.0270. The van der Waals surface area contributed by atoms with E-state index in [1.165, 1.54) is 10.7 Å². The van der Waals surface area contributed by atoms with Crippen molar-refractivity contribution in [2.24, 2.45) is 0 Å². The highest BCUT2D eigenvalue weighted by molar-refractivity contribution is 7.90. The summed E-state index contributed by atoms with van der Waals surface area (Å²) in [6.45, 7) is 4.07. The van der Waals surface area contributed by atoms with E-state index in [1.807, 2.05) is 60.7 Å². The monoisotopic (exact) mass is 570 g/mol. The smallest absolute Gasteiger partial charge is 0.268 e. The summed E-state index contributed by atoms with van der Waals surface area (Å²) < 4.78 is 66.3. The lowest BCUT2D eigenvalue weighted by Gasteiger charge is -2.26. The van der Waals surface area contributed by atoms with Gasteiger partial charge in [0.05, 0.1) is 38.3 Å². The quantitative estimate of drug-likeness (QED) is 0.266. The summed E-state index contributed by atoms with van der Waals surface area (Å²) in [5.74, 6) is -0.0270. The van der Waals surface area contributed by atoms with E-state index in [-0.39, 0.29) is 37.0 Å². The molecule has 0 N–H and O–H groups in total. The molecule has 10 nitrogen and oxygen atoms in total. The molecule has 0 saturated carbocycles. The van der Waals surface area contributed by atoms with Gasteiger partial charge in [0.15, 0.2) is 6.17 Å². The van der Waals surface area contributed by atoms with Crippen LogP contribution in [0.3, 0.4) is 0 Å². The van der Waals surface area contributed by atoms with Crippen LogP contribution in [0.15, 0.2) is 72.0 Å². The summed E-state index contributed by atoms with van der Waals surface area (Å²) in [6, 6.07) is 19.1. The number of hydrogen-bond acceptors (Lipinski definition) is 9. The van der Waals surface area contributed by atoms with Crippen molar-refractivity contribution in [2.45, 2.75) is 56.2 Å². The standard InChI is InChI=1S/C28H31FN4O6S/c1-4-37-26-25-30-15-22(33(25)32-27(31-26)40(3,34)35)28(2)24(29)23(38-17-20-13-9-6-10-14-20)21(39-28)18-36-16-19-11-7-5-8-12-19/h5-15,21,23-24H,4,16-18H2,1-3H3. The van der Waals surface area contributed by atoms with Gasteiger partial charge in [0.1, 0.15) is 17.8 Å². The van der Waals surface area contributed by atoms with Gasteiger partial charge < -0.3 is 18.9 Å². The SMILES string of the molecule is CCOc1nc(S(C)(=O)=O)nn2c(C3(C)OC(COCc4ccccc4)C(OCc4ccccc4)C3F)cnc12. The largest absolute Gasteiger partial charge is 0.475 e. The lowest BCUT2D eigenvalue weighted by atomic mass is 9.94. The molecule has 0 spiro atoms. The van der Waals surface area contributed by atoms with Crippen molar-refractivity contribution < 1.29 is 31.8 Å². The third-order valence-corrected chi connectivity index (χ3v) is 7.53. The zero-order valence-electron chi connectivity index (χ0n) is 22.4. The highest BCUT2D eigenvalue weighted by Gasteiger charge is 2.56. The Hall–Kier alpha value is -3.45. The molecule has 0 aliphatic carbocycles. The van der Waals surface area contributed by atoms with E-state index in [2.05, 4.69) is 15.1 Å². The van der Waals surface area contributed by atoms with Gasteiger partial charge in [-0.2, -0.15) is 4.98 Å². The van der Waals surface area contributed by atoms with Crippen LogP contribution in [0, 0.1) is 0 Å². The molecule has 2 aromatic carbocycles. The van der Waals surface area contributed by atoms with Crippen molar-refractivity contribution in [2.75, 3.05) is 19.5 Å². The number of nitrogens with zero attached hydrogens (tertiary/aromatic N) is 4. The van der Waals surface area contributed by atoms with Gasteiger partial charge in [-0.05, 0) is 25.0 Å². The van der Waals surface area contributed by atoms with Crippen LogP contribution < -0.4 is 4.74 Å². The number of ether oxygens (including phenoxy) is 4. The van der Waals surface area contributed by atoms with Gasteiger partial charge in [0.2, 0.25) is 15.5 Å². The highest BCUT2D eigenvalue weighted by Crippen LogP contribution is 2.43. The number of aromatic nitrogens is 4. The minimum atomic E-state index is -3.82. The van der Waals surface area contributed by atoms with Gasteiger partial charge in [0.25, 0.3) is 11.0 Å². The summed E-state index contributed by atoms with van der Waals surface area (Å²) in [5.41, 5.74) is 0.591. The zero-order valence-corrected chi connectivity index (χ0v) is 23.3. The lowest BCUT2D eigenvalue weighted by molar-refractivity contribution is -0.0988. The Morgan fingerprint density at radius 2 is 1.70 bits per heavy atom. The minimum Gasteiger partial charge on any atom is -0.475 e. The van der Waals surface area contributed by atoms with Crippen LogP contribution in [0.1, 0.15) is 30.7 Å². The first-order valence-corrected chi connectivity index (χ1v) is 14.8. The molecule has 12 heteroatoms. The van der Waals surface area contributed by atoms with Crippen LogP contribution >= 0.6 is 0 Å². The number of imidazole rings is 1. The van der Waals surface area contributed by atoms with Crippen molar-refractivity contribution in [3.8, 4) is 5.88 Å². The van der Waals surface area contributed by atoms with E-state index in [4.69, 9.17) is 18.9 Å². The second-order valence-electron chi connectivity index (χ2n) is 9.71. The first-order chi connectivity index (χ1) is 19.2. The molecule has 3 heterocycles. The van der Waals surface area contributed by atoms with Crippen LogP contribution in [0.5, 0.6) is 5.88 Å². The average Bonchev–Trinajstić information content (AvgIpc) is 3.48. The van der Waals surface area contributed by atoms with Crippen molar-refractivity contribution in [1.82, 2.24) is 19.6 Å². The molecule has 40 heavy (non-hydrogen) atoms. The molecule has 4 atom stereocenters. The number of fused-ring (bicyclic) bond motifs is 1. The van der Waals surface area contributed by atoms with E-state index in [1.54, 1.807) is 13.8 Å². The summed E-state index contributed by atoms with van der Waals surface area (Å²) in [4.78, 5) is 8.35. The van der Waals surface area contributed by atoms with Crippen LogP contribution in [0.2, 0.25) is 0 Å². The third-order valence-electron chi connectivity index (χ3n) is 6.69. The predicted octanol–water partition coefficient (Wildman–Crippen LogP) is 3.68. The Labute approximate surface area is 232 Å². The van der Waals surface area contributed by atoms with Gasteiger partial charge in [-0.1, -0.05) is 60.7 Å². The fraction of sp³-hybridized carbons (Fsp3) is 0.393. The Kier molecular flexibility index (Phi) is 8.13. The van der Waals surface area contributed by atoms with Gasteiger partial charge in [-0.15, -0.1) is 5.10 Å². The topological polar surface area (TPSA) is 114 Å². The number of hydrogen-bond donors (Lipinski definition) is 0. The van der Waals surface area contributed by atoms with Gasteiger partial charge in [-0.3, -0.25) is 0 Å². The molecule has 1 saturated heterocycles. The summed E-state index contributed by atoms with van der Waals surface area (Å²) in [5, 5.41) is 3.70. The van der Waals surface area contributed by atoms with Crippen molar-refractivity contribution in [1.29, 1.82) is 0 Å². The highest BCUT2D eigenvalue weighted by atomic mass is 32.2. The van der Waals surface area contributed by atoms with Crippen LogP contribution in [0.4, 0.5) is 4.39 Å². The first-order valence-electron chi connectivity index (χ1n) is 12.9. The van der Waals surface area contributed by atoms with E-state index in [0.29, 0.717) is 6.61 Å². The third kappa shape index (κ3) is 5.71. The summed E-state index contributed by atoms with van der Waals surface area (Å²) in [7, 11) is -3.82. The van der Waals surface area contributed by atoms with Gasteiger partial charge in [-0.25, -0.2) is 22.3 Å². The molecule has 0 amide bonds. The normalized spacial score (nSPS) is 23.1. The fourth-order valence-electron chi connectivity index (χ4n) is 4.67. The number of alkyl halides is 1. The molecule has 1 aliphatic rings. The number of rotatable bonds is 11. The van der Waals surface area contributed by atoms with E-state index < -0.39 is 39.0 Å². The molecule has 2 aromatic heterocycles. The maximum Gasteiger partial charge on any atom is 0.268 e. The summed E-state index contributed by atoms with van der Waals surface area (Å²) >= 11 is 0. The molecule has 4 unspecified atom stereocenters. The molecule has 1 fully saturated rings. The summed E-state index contributed by atoms with van der Waals surface area (Å²) in [6.07, 6.45) is -1.06. The van der Waals surface area contributed by atoms with Crippen LogP contribution in [-0.2, 0) is 42.9 Å². The molecular formula is C28H31FN4O6S. The average molecular weight is 571 g/mol. The Morgan fingerprint density at radius 1 is 1.05 bits per heavy atom. The predicted molar refractivity (Wildman–Crippen MR) is 143 cm³/mol. The molecule has 5 rings (SSSR count). The molecule has 4 aromatic rings. The van der Waals surface area contributed by atoms with Crippen molar-refractivity contribution >= 4 is 15.5 Å². The second kappa shape index (κ2) is 11.6. The number of halogens is 1. The Morgan fingerprint density at radius 3 is 2.33 bits per heavy atom. The number of benzene rings is 2. The maximum absolute atomic E-state index is 16.5. The molecule has 1 aliphatic heterocycles. The zero-order chi connectivity index (χ0) is 28.3. The van der Waals surface area contributed by atoms with Gasteiger partial charge >= 0.3 is 0 Å². The van der Waals surface area contributed by atoms with Crippen LogP contribution in [0.25, 0.3) is 5.65 Å². The van der Waals surface area contributed by atoms with Gasteiger partial charge in [0, 0.05) is 6.26 Å². The first kappa shape index (κ1) is 28.1. The second-order valence-corrected chi connectivity index (χ2v) is 11.6. The fourth-order valence-corrected chi connectivity index (χ4v) is 5.15. The van der Waals surface area contributed by atoms with Crippen molar-refractivity contribution in [3.63, 3.8) is 0 Å². The Bertz CT molecular complexity index is 1550.